The highest BCUT2D eigenvalue weighted by atomic mass is 35.5. The van der Waals surface area contributed by atoms with Crippen molar-refractivity contribution in [1.29, 1.82) is 0 Å². The first-order valence-electron chi connectivity index (χ1n) is 14.6. The fourth-order valence-electron chi connectivity index (χ4n) is 5.48. The van der Waals surface area contributed by atoms with Crippen LogP contribution in [0.3, 0.4) is 0 Å². The molecule has 2 amide bonds. The Morgan fingerprint density at radius 3 is 2.29 bits per heavy atom. The van der Waals surface area contributed by atoms with Gasteiger partial charge in [-0.05, 0) is 86.2 Å². The maximum atomic E-state index is 14.3. The molecule has 0 aliphatic heterocycles. The number of halogens is 1. The van der Waals surface area contributed by atoms with Crippen molar-refractivity contribution >= 4 is 39.1 Å². The summed E-state index contributed by atoms with van der Waals surface area (Å²) in [5.74, 6) is -0.656. The lowest BCUT2D eigenvalue weighted by atomic mass is 9.95. The monoisotopic (exact) mass is 609 g/mol. The second-order valence-corrected chi connectivity index (χ2v) is 13.3. The lowest BCUT2D eigenvalue weighted by Crippen LogP contribution is -2.54. The summed E-state index contributed by atoms with van der Waals surface area (Å²) < 4.78 is 29.1. The van der Waals surface area contributed by atoms with Gasteiger partial charge in [-0.2, -0.15) is 0 Å². The van der Waals surface area contributed by atoms with Gasteiger partial charge in [-0.3, -0.25) is 13.9 Å². The molecule has 224 valence electrons. The summed E-state index contributed by atoms with van der Waals surface area (Å²) in [6.07, 6.45) is 5.55. The predicted octanol–water partition coefficient (Wildman–Crippen LogP) is 6.41. The van der Waals surface area contributed by atoms with E-state index in [0.29, 0.717) is 17.1 Å². The molecule has 0 radical (unpaired) electrons. The molecule has 1 fully saturated rings. The smallest absolute Gasteiger partial charge is 0.264 e. The minimum atomic E-state index is -4.15. The fourth-order valence-corrected chi connectivity index (χ4v) is 7.01. The maximum absolute atomic E-state index is 14.3. The molecule has 1 aliphatic carbocycles. The average Bonchev–Trinajstić information content (AvgIpc) is 2.97. The zero-order chi connectivity index (χ0) is 30.3. The Kier molecular flexibility index (Phi) is 10.7. The molecule has 9 heteroatoms. The number of nitrogens with one attached hydrogen (secondary N) is 1. The Hall–Kier alpha value is -3.36. The molecule has 0 bridgehead atoms. The largest absolute Gasteiger partial charge is 0.352 e. The van der Waals surface area contributed by atoms with Crippen molar-refractivity contribution in [2.75, 3.05) is 10.8 Å². The second kappa shape index (κ2) is 14.2. The highest BCUT2D eigenvalue weighted by Gasteiger charge is 2.34. The second-order valence-electron chi connectivity index (χ2n) is 11.0. The van der Waals surface area contributed by atoms with E-state index < -0.39 is 28.5 Å². The Labute approximate surface area is 254 Å². The van der Waals surface area contributed by atoms with E-state index in [4.69, 9.17) is 11.6 Å². The Morgan fingerprint density at radius 1 is 0.952 bits per heavy atom. The van der Waals surface area contributed by atoms with Gasteiger partial charge in [0.05, 0.1) is 10.6 Å². The van der Waals surface area contributed by atoms with Gasteiger partial charge in [-0.1, -0.05) is 74.2 Å². The number of nitrogens with zero attached hydrogens (tertiary/aromatic N) is 2. The number of sulfonamides is 1. The fraction of sp³-hybridized carbons (Fsp3) is 0.394. The topological polar surface area (TPSA) is 86.8 Å². The van der Waals surface area contributed by atoms with E-state index in [1.54, 1.807) is 23.1 Å². The molecular weight excluding hydrogens is 570 g/mol. The molecule has 1 atom stereocenters. The molecule has 0 heterocycles. The third-order valence-corrected chi connectivity index (χ3v) is 9.95. The van der Waals surface area contributed by atoms with Gasteiger partial charge in [0.1, 0.15) is 12.6 Å². The summed E-state index contributed by atoms with van der Waals surface area (Å²) in [5, 5.41) is 3.59. The maximum Gasteiger partial charge on any atom is 0.264 e. The molecule has 1 N–H and O–H groups in total. The minimum Gasteiger partial charge on any atom is -0.352 e. The van der Waals surface area contributed by atoms with Gasteiger partial charge >= 0.3 is 0 Å². The third kappa shape index (κ3) is 7.72. The van der Waals surface area contributed by atoms with E-state index in [-0.39, 0.29) is 23.4 Å². The highest BCUT2D eigenvalue weighted by molar-refractivity contribution is 7.92. The quantitative estimate of drug-likeness (QED) is 0.272. The van der Waals surface area contributed by atoms with Gasteiger partial charge in [0, 0.05) is 17.6 Å². The summed E-state index contributed by atoms with van der Waals surface area (Å²) >= 11 is 6.04. The van der Waals surface area contributed by atoms with Crippen molar-refractivity contribution in [3.05, 3.63) is 94.5 Å². The predicted molar refractivity (Wildman–Crippen MR) is 168 cm³/mol. The number of amides is 2. The molecule has 7 nitrogen and oxygen atoms in total. The van der Waals surface area contributed by atoms with Gasteiger partial charge in [0.2, 0.25) is 11.8 Å². The van der Waals surface area contributed by atoms with E-state index in [0.717, 1.165) is 46.7 Å². The molecule has 1 aliphatic rings. The number of aryl methyl sites for hydroxylation is 2. The molecule has 0 spiro atoms. The Morgan fingerprint density at radius 2 is 1.64 bits per heavy atom. The summed E-state index contributed by atoms with van der Waals surface area (Å²) in [5.41, 5.74) is 3.11. The van der Waals surface area contributed by atoms with Crippen molar-refractivity contribution in [3.8, 4) is 0 Å². The first-order chi connectivity index (χ1) is 20.1. The van der Waals surface area contributed by atoms with Crippen molar-refractivity contribution in [2.45, 2.75) is 82.8 Å². The van der Waals surface area contributed by atoms with Crippen LogP contribution in [0.2, 0.25) is 5.02 Å². The molecule has 0 aromatic heterocycles. The molecular formula is C33H40ClN3O4S. The lowest BCUT2D eigenvalue weighted by molar-refractivity contribution is -0.140. The first-order valence-corrected chi connectivity index (χ1v) is 16.4. The number of carbonyl (C=O) groups is 2. The van der Waals surface area contributed by atoms with Crippen LogP contribution in [0.1, 0.15) is 62.1 Å². The number of anilines is 1. The average molecular weight is 610 g/mol. The van der Waals surface area contributed by atoms with Crippen LogP contribution in [-0.4, -0.2) is 43.8 Å². The summed E-state index contributed by atoms with van der Waals surface area (Å²) in [6.45, 7) is 5.43. The summed E-state index contributed by atoms with van der Waals surface area (Å²) in [7, 11) is -4.15. The normalized spacial score (nSPS) is 14.7. The SMILES string of the molecule is CCC(C(=O)NC1CCCCC1)N(Cc1ccccc1C)C(=O)CN(c1cccc(C)c1)S(=O)(=O)c1ccc(Cl)cc1. The van der Waals surface area contributed by atoms with Gasteiger partial charge in [0.25, 0.3) is 10.0 Å². The molecule has 3 aromatic rings. The first kappa shape index (κ1) is 31.6. The molecule has 42 heavy (non-hydrogen) atoms. The molecule has 0 saturated heterocycles. The van der Waals surface area contributed by atoms with Crippen LogP contribution < -0.4 is 9.62 Å². The number of rotatable bonds is 11. The van der Waals surface area contributed by atoms with Gasteiger partial charge < -0.3 is 10.2 Å². The van der Waals surface area contributed by atoms with Gasteiger partial charge in [-0.25, -0.2) is 8.42 Å². The Bertz CT molecular complexity index is 1490. The van der Waals surface area contributed by atoms with E-state index in [9.17, 15) is 18.0 Å². The molecule has 1 saturated carbocycles. The van der Waals surface area contributed by atoms with Gasteiger partial charge in [0.15, 0.2) is 0 Å². The molecule has 3 aromatic carbocycles. The molecule has 1 unspecified atom stereocenters. The third-order valence-electron chi connectivity index (χ3n) is 7.91. The minimum absolute atomic E-state index is 0.0220. The van der Waals surface area contributed by atoms with E-state index in [1.807, 2.05) is 51.1 Å². The van der Waals surface area contributed by atoms with Crippen molar-refractivity contribution < 1.29 is 18.0 Å². The van der Waals surface area contributed by atoms with Crippen molar-refractivity contribution in [3.63, 3.8) is 0 Å². The zero-order valence-electron chi connectivity index (χ0n) is 24.6. The number of hydrogen-bond acceptors (Lipinski definition) is 4. The summed E-state index contributed by atoms with van der Waals surface area (Å²) in [6, 6.07) is 20.0. The van der Waals surface area contributed by atoms with Crippen LogP contribution in [0.25, 0.3) is 0 Å². The van der Waals surface area contributed by atoms with Crippen LogP contribution >= 0.6 is 11.6 Å². The van der Waals surface area contributed by atoms with E-state index in [2.05, 4.69) is 5.32 Å². The lowest BCUT2D eigenvalue weighted by Gasteiger charge is -2.34. The highest BCUT2D eigenvalue weighted by Crippen LogP contribution is 2.27. The van der Waals surface area contributed by atoms with Crippen LogP contribution in [0.15, 0.2) is 77.7 Å². The summed E-state index contributed by atoms with van der Waals surface area (Å²) in [4.78, 5) is 29.5. The zero-order valence-corrected chi connectivity index (χ0v) is 26.1. The van der Waals surface area contributed by atoms with Gasteiger partial charge in [-0.15, -0.1) is 0 Å². The van der Waals surface area contributed by atoms with Crippen LogP contribution in [0.4, 0.5) is 5.69 Å². The van der Waals surface area contributed by atoms with Crippen molar-refractivity contribution in [1.82, 2.24) is 10.2 Å². The number of hydrogen-bond donors (Lipinski definition) is 1. The number of carbonyl (C=O) groups excluding carboxylic acids is 2. The molecule has 4 rings (SSSR count). The van der Waals surface area contributed by atoms with Crippen LogP contribution in [0, 0.1) is 13.8 Å². The standard InChI is InChI=1S/C33H40ClN3O4S/c1-4-31(33(39)35-28-14-6-5-7-15-28)36(22-26-13-9-8-12-25(26)3)32(38)23-37(29-16-10-11-24(2)21-29)42(40,41)30-19-17-27(34)18-20-30/h8-13,16-21,28,31H,4-7,14-15,22-23H2,1-3H3,(H,35,39). The van der Waals surface area contributed by atoms with Crippen LogP contribution in [0.5, 0.6) is 0 Å². The Balaban J connectivity index is 1.71. The van der Waals surface area contributed by atoms with E-state index in [1.165, 1.54) is 30.7 Å². The van der Waals surface area contributed by atoms with Crippen LogP contribution in [-0.2, 0) is 26.2 Å². The number of benzene rings is 3. The van der Waals surface area contributed by atoms with Crippen molar-refractivity contribution in [2.24, 2.45) is 0 Å². The van der Waals surface area contributed by atoms with E-state index >= 15 is 0 Å².